The summed E-state index contributed by atoms with van der Waals surface area (Å²) in [6, 6.07) is 0. The number of amides is 1. The highest BCUT2D eigenvalue weighted by Gasteiger charge is 2.25. The molecule has 1 atom stereocenters. The lowest BCUT2D eigenvalue weighted by Crippen LogP contribution is -2.50. The predicted molar refractivity (Wildman–Crippen MR) is 77.3 cm³/mol. The normalized spacial score (nSPS) is 19.7. The molecule has 0 radical (unpaired) electrons. The van der Waals surface area contributed by atoms with Crippen LogP contribution < -0.4 is 0 Å². The number of ether oxygens (including phenoxy) is 1. The van der Waals surface area contributed by atoms with Crippen molar-refractivity contribution in [2.75, 3.05) is 32.7 Å². The van der Waals surface area contributed by atoms with Crippen molar-refractivity contribution in [2.24, 2.45) is 0 Å². The molecule has 1 aliphatic heterocycles. The minimum Gasteiger partial charge on any atom is -0.444 e. The van der Waals surface area contributed by atoms with Crippen LogP contribution in [-0.2, 0) is 4.74 Å². The maximum Gasteiger partial charge on any atom is 0.410 e. The Morgan fingerprint density at radius 2 is 1.83 bits per heavy atom. The summed E-state index contributed by atoms with van der Waals surface area (Å²) in [5.41, 5.74) is -0.407. The Kier molecular flexibility index (Phi) is 5.79. The predicted octanol–water partition coefficient (Wildman–Crippen LogP) is 2.25. The van der Waals surface area contributed by atoms with Crippen molar-refractivity contribution in [1.82, 2.24) is 9.80 Å². The monoisotopic (exact) mass is 274 g/mol. The minimum absolute atomic E-state index is 0.190. The number of rotatable bonds is 3. The summed E-state index contributed by atoms with van der Waals surface area (Å²) in [6.07, 6.45) is 0.903. The first kappa shape index (κ1) is 15.6. The molecule has 0 unspecified atom stereocenters. The van der Waals surface area contributed by atoms with Crippen LogP contribution in [0.5, 0.6) is 0 Å². The van der Waals surface area contributed by atoms with Gasteiger partial charge in [0.05, 0.1) is 0 Å². The van der Waals surface area contributed by atoms with Gasteiger partial charge in [-0.05, 0) is 33.7 Å². The summed E-state index contributed by atoms with van der Waals surface area (Å²) in [5, 5.41) is 0.439. The van der Waals surface area contributed by atoms with Crippen LogP contribution in [-0.4, -0.2) is 59.5 Å². The quantitative estimate of drug-likeness (QED) is 0.801. The number of carbonyl (C=O) groups is 1. The van der Waals surface area contributed by atoms with Gasteiger partial charge in [-0.25, -0.2) is 4.79 Å². The summed E-state index contributed by atoms with van der Waals surface area (Å²) in [4.78, 5) is 16.0. The Balaban J connectivity index is 2.28. The van der Waals surface area contributed by atoms with E-state index in [4.69, 9.17) is 4.74 Å². The fourth-order valence-corrected chi connectivity index (χ4v) is 1.97. The van der Waals surface area contributed by atoms with Gasteiger partial charge in [0.15, 0.2) is 0 Å². The Hall–Kier alpha value is -0.420. The largest absolute Gasteiger partial charge is 0.444 e. The van der Waals surface area contributed by atoms with E-state index >= 15 is 0 Å². The molecular weight excluding hydrogens is 248 g/mol. The maximum absolute atomic E-state index is 11.9. The second-order valence-electron chi connectivity index (χ2n) is 5.95. The highest BCUT2D eigenvalue weighted by atomic mass is 32.1. The molecule has 106 valence electrons. The van der Waals surface area contributed by atoms with Crippen molar-refractivity contribution in [1.29, 1.82) is 0 Å². The van der Waals surface area contributed by atoms with Crippen molar-refractivity contribution in [3.63, 3.8) is 0 Å². The van der Waals surface area contributed by atoms with Crippen LogP contribution in [0.15, 0.2) is 0 Å². The molecule has 0 aromatic heterocycles. The number of thiol groups is 1. The lowest BCUT2D eigenvalue weighted by molar-refractivity contribution is 0.0145. The van der Waals surface area contributed by atoms with Gasteiger partial charge in [0.2, 0.25) is 0 Å². The first-order chi connectivity index (χ1) is 8.28. The Morgan fingerprint density at radius 1 is 1.28 bits per heavy atom. The third-order valence-corrected chi connectivity index (χ3v) is 3.15. The average Bonchev–Trinajstić information content (AvgIpc) is 2.24. The van der Waals surface area contributed by atoms with Crippen LogP contribution in [0.3, 0.4) is 0 Å². The van der Waals surface area contributed by atoms with E-state index in [0.717, 1.165) is 39.1 Å². The summed E-state index contributed by atoms with van der Waals surface area (Å²) in [7, 11) is 0. The van der Waals surface area contributed by atoms with Crippen LogP contribution in [0.25, 0.3) is 0 Å². The van der Waals surface area contributed by atoms with Gasteiger partial charge in [0.25, 0.3) is 0 Å². The van der Waals surface area contributed by atoms with Crippen molar-refractivity contribution < 1.29 is 9.53 Å². The molecule has 0 aliphatic carbocycles. The molecule has 1 saturated heterocycles. The van der Waals surface area contributed by atoms with E-state index in [2.05, 4.69) is 24.5 Å². The molecule has 5 heteroatoms. The highest BCUT2D eigenvalue weighted by Crippen LogP contribution is 2.12. The molecule has 0 aromatic carbocycles. The molecule has 1 rings (SSSR count). The molecule has 1 aliphatic rings. The van der Waals surface area contributed by atoms with Gasteiger partial charge in [-0.1, -0.05) is 6.92 Å². The third kappa shape index (κ3) is 5.96. The smallest absolute Gasteiger partial charge is 0.410 e. The van der Waals surface area contributed by atoms with E-state index in [0.29, 0.717) is 5.25 Å². The molecule has 0 saturated carbocycles. The second-order valence-corrected chi connectivity index (χ2v) is 6.83. The lowest BCUT2D eigenvalue weighted by atomic mass is 10.2. The first-order valence-electron chi connectivity index (χ1n) is 6.66. The molecule has 0 N–H and O–H groups in total. The molecule has 4 nitrogen and oxygen atoms in total. The van der Waals surface area contributed by atoms with Gasteiger partial charge in [-0.15, -0.1) is 0 Å². The van der Waals surface area contributed by atoms with Gasteiger partial charge in [-0.3, -0.25) is 4.90 Å². The standard InChI is InChI=1S/C13H26N2O2S/c1-11(18)5-6-14-7-9-15(10-8-14)12(16)17-13(2,3)4/h11,18H,5-10H2,1-4H3/t11-/m0/s1. The summed E-state index contributed by atoms with van der Waals surface area (Å²) in [6.45, 7) is 12.2. The fourth-order valence-electron chi connectivity index (χ4n) is 1.85. The number of hydrogen-bond donors (Lipinski definition) is 1. The number of piperazine rings is 1. The zero-order valence-corrected chi connectivity index (χ0v) is 12.9. The van der Waals surface area contributed by atoms with Crippen LogP contribution in [0.1, 0.15) is 34.1 Å². The van der Waals surface area contributed by atoms with Crippen LogP contribution in [0.2, 0.25) is 0 Å². The maximum atomic E-state index is 11.9. The first-order valence-corrected chi connectivity index (χ1v) is 7.18. The van der Waals surface area contributed by atoms with Gasteiger partial charge in [0, 0.05) is 31.4 Å². The summed E-state index contributed by atoms with van der Waals surface area (Å²) in [5.74, 6) is 0. The zero-order chi connectivity index (χ0) is 13.8. The van der Waals surface area contributed by atoms with Gasteiger partial charge in [0.1, 0.15) is 5.60 Å². The molecule has 1 heterocycles. The molecule has 0 bridgehead atoms. The van der Waals surface area contributed by atoms with E-state index in [-0.39, 0.29) is 6.09 Å². The van der Waals surface area contributed by atoms with Gasteiger partial charge >= 0.3 is 6.09 Å². The number of nitrogens with zero attached hydrogens (tertiary/aromatic N) is 2. The Bertz CT molecular complexity index is 269. The van der Waals surface area contributed by atoms with Gasteiger partial charge in [-0.2, -0.15) is 12.6 Å². The molecule has 1 fully saturated rings. The van der Waals surface area contributed by atoms with E-state index in [1.807, 2.05) is 20.8 Å². The van der Waals surface area contributed by atoms with E-state index in [1.54, 1.807) is 4.90 Å². The summed E-state index contributed by atoms with van der Waals surface area (Å²) >= 11 is 4.38. The highest BCUT2D eigenvalue weighted by molar-refractivity contribution is 7.80. The van der Waals surface area contributed by atoms with E-state index < -0.39 is 5.60 Å². The molecule has 1 amide bonds. The van der Waals surface area contributed by atoms with Crippen molar-refractivity contribution in [3.8, 4) is 0 Å². The van der Waals surface area contributed by atoms with Crippen molar-refractivity contribution >= 4 is 18.7 Å². The molecule has 18 heavy (non-hydrogen) atoms. The SMILES string of the molecule is C[C@H](S)CCN1CCN(C(=O)OC(C)(C)C)CC1. The molecule has 0 spiro atoms. The number of hydrogen-bond acceptors (Lipinski definition) is 4. The van der Waals surface area contributed by atoms with Gasteiger partial charge < -0.3 is 9.64 Å². The van der Waals surface area contributed by atoms with E-state index in [9.17, 15) is 4.79 Å². The lowest BCUT2D eigenvalue weighted by Gasteiger charge is -2.35. The molecule has 0 aromatic rings. The van der Waals surface area contributed by atoms with Crippen LogP contribution in [0, 0.1) is 0 Å². The topological polar surface area (TPSA) is 32.8 Å². The second kappa shape index (κ2) is 6.66. The van der Waals surface area contributed by atoms with Crippen LogP contribution in [0.4, 0.5) is 4.79 Å². The summed E-state index contributed by atoms with van der Waals surface area (Å²) < 4.78 is 5.37. The zero-order valence-electron chi connectivity index (χ0n) is 12.0. The average molecular weight is 274 g/mol. The van der Waals surface area contributed by atoms with Crippen molar-refractivity contribution in [2.45, 2.75) is 45.0 Å². The van der Waals surface area contributed by atoms with E-state index in [1.165, 1.54) is 0 Å². The molecular formula is C13H26N2O2S. The third-order valence-electron chi connectivity index (χ3n) is 2.89. The number of carbonyl (C=O) groups excluding carboxylic acids is 1. The Morgan fingerprint density at radius 3 is 2.28 bits per heavy atom. The minimum atomic E-state index is -0.407. The fraction of sp³-hybridized carbons (Fsp3) is 0.923. The Labute approximate surface area is 116 Å². The van der Waals surface area contributed by atoms with Crippen LogP contribution >= 0.6 is 12.6 Å². The van der Waals surface area contributed by atoms with Crippen molar-refractivity contribution in [3.05, 3.63) is 0 Å².